The highest BCUT2D eigenvalue weighted by molar-refractivity contribution is 5.82. The minimum absolute atomic E-state index is 0.0909. The van der Waals surface area contributed by atoms with Crippen molar-refractivity contribution < 1.29 is 18.0 Å². The average Bonchev–Trinajstić information content (AvgIpc) is 3.37. The van der Waals surface area contributed by atoms with Crippen LogP contribution in [-0.4, -0.2) is 27.1 Å². The van der Waals surface area contributed by atoms with Gasteiger partial charge in [-0.25, -0.2) is 0 Å². The van der Waals surface area contributed by atoms with Gasteiger partial charge in [0.2, 0.25) is 5.91 Å². The normalized spacial score (nSPS) is 17.2. The van der Waals surface area contributed by atoms with E-state index < -0.39 is 11.7 Å². The maximum absolute atomic E-state index is 12.9. The first-order chi connectivity index (χ1) is 14.3. The molecule has 1 saturated heterocycles. The van der Waals surface area contributed by atoms with E-state index in [1.165, 1.54) is 18.3 Å². The molecule has 1 aliphatic heterocycles. The smallest absolute Gasteiger partial charge is 0.350 e. The van der Waals surface area contributed by atoms with Crippen LogP contribution in [0.1, 0.15) is 29.7 Å². The predicted octanol–water partition coefficient (Wildman–Crippen LogP) is 3.49. The summed E-state index contributed by atoms with van der Waals surface area (Å²) in [7, 11) is 0. The Morgan fingerprint density at radius 3 is 2.43 bits per heavy atom. The Morgan fingerprint density at radius 2 is 1.87 bits per heavy atom. The number of benzene rings is 1. The molecule has 9 heteroatoms. The maximum Gasteiger partial charge on any atom is 0.416 e. The fraction of sp³-hybridized carbons (Fsp3) is 0.190. The van der Waals surface area contributed by atoms with Crippen LogP contribution >= 0.6 is 0 Å². The Morgan fingerprint density at radius 1 is 1.10 bits per heavy atom. The summed E-state index contributed by atoms with van der Waals surface area (Å²) >= 11 is 0. The maximum atomic E-state index is 12.9. The lowest BCUT2D eigenvalue weighted by Crippen LogP contribution is -2.23. The lowest BCUT2D eigenvalue weighted by atomic mass is 9.97. The number of carbonyl (C=O) groups is 1. The first-order valence-corrected chi connectivity index (χ1v) is 9.23. The fourth-order valence-corrected chi connectivity index (χ4v) is 3.40. The molecule has 0 spiro atoms. The molecule has 0 bridgehead atoms. The van der Waals surface area contributed by atoms with Gasteiger partial charge in [0.25, 0.3) is 5.56 Å². The molecule has 0 saturated carbocycles. The van der Waals surface area contributed by atoms with Gasteiger partial charge in [0.05, 0.1) is 17.3 Å². The number of halogens is 3. The van der Waals surface area contributed by atoms with Crippen LogP contribution in [0, 0.1) is 0 Å². The van der Waals surface area contributed by atoms with E-state index in [2.05, 4.69) is 20.5 Å². The summed E-state index contributed by atoms with van der Waals surface area (Å²) in [5.41, 5.74) is 1.38. The number of nitrogens with one attached hydrogen (secondary N) is 3. The molecule has 2 aromatic heterocycles. The van der Waals surface area contributed by atoms with Crippen molar-refractivity contribution in [2.24, 2.45) is 0 Å². The third-order valence-electron chi connectivity index (χ3n) is 4.93. The topological polar surface area (TPSA) is 90.6 Å². The first kappa shape index (κ1) is 19.7. The average molecular weight is 414 g/mol. The van der Waals surface area contributed by atoms with Gasteiger partial charge >= 0.3 is 6.18 Å². The summed E-state index contributed by atoms with van der Waals surface area (Å²) in [6.07, 6.45) is 1.37. The number of aromatic nitrogens is 3. The van der Waals surface area contributed by atoms with Crippen molar-refractivity contribution in [3.8, 4) is 11.1 Å². The van der Waals surface area contributed by atoms with Crippen molar-refractivity contribution >= 4 is 11.5 Å². The van der Waals surface area contributed by atoms with Gasteiger partial charge in [-0.2, -0.15) is 18.3 Å². The molecule has 4 rings (SSSR count). The van der Waals surface area contributed by atoms with Crippen LogP contribution in [0.5, 0.6) is 0 Å². The second-order valence-electron chi connectivity index (χ2n) is 6.97. The zero-order valence-corrected chi connectivity index (χ0v) is 15.6. The third kappa shape index (κ3) is 4.05. The van der Waals surface area contributed by atoms with E-state index >= 15 is 0 Å². The summed E-state index contributed by atoms with van der Waals surface area (Å²) in [6.45, 7) is 0. The Bertz CT molecular complexity index is 1150. The monoisotopic (exact) mass is 414 g/mol. The van der Waals surface area contributed by atoms with Crippen molar-refractivity contribution in [1.82, 2.24) is 20.5 Å². The molecule has 1 aliphatic rings. The molecule has 1 aromatic carbocycles. The molecular weight excluding hydrogens is 397 g/mol. The van der Waals surface area contributed by atoms with Crippen LogP contribution in [0.2, 0.25) is 0 Å². The fourth-order valence-electron chi connectivity index (χ4n) is 3.40. The molecule has 154 valence electrons. The predicted molar refractivity (Wildman–Crippen MR) is 104 cm³/mol. The van der Waals surface area contributed by atoms with E-state index in [4.69, 9.17) is 0 Å². The Kier molecular flexibility index (Phi) is 5.03. The Labute approximate surface area is 168 Å². The number of hydrogen-bond acceptors (Lipinski definition) is 3. The van der Waals surface area contributed by atoms with E-state index in [0.29, 0.717) is 40.8 Å². The number of hydrogen-bond donors (Lipinski definition) is 3. The Hall–Kier alpha value is -3.62. The molecule has 1 amide bonds. The Balaban J connectivity index is 1.76. The molecule has 6 nitrogen and oxygen atoms in total. The summed E-state index contributed by atoms with van der Waals surface area (Å²) in [4.78, 5) is 27.0. The van der Waals surface area contributed by atoms with Gasteiger partial charge in [-0.05, 0) is 36.2 Å². The second kappa shape index (κ2) is 7.66. The summed E-state index contributed by atoms with van der Waals surface area (Å²) in [6, 6.07) is 7.74. The number of alkyl halides is 3. The van der Waals surface area contributed by atoms with Crippen LogP contribution in [0.25, 0.3) is 16.7 Å². The molecule has 0 radical (unpaired) electrons. The molecule has 0 unspecified atom stereocenters. The quantitative estimate of drug-likeness (QED) is 0.610. The van der Waals surface area contributed by atoms with Gasteiger partial charge < -0.3 is 10.3 Å². The van der Waals surface area contributed by atoms with Gasteiger partial charge in [0, 0.05) is 35.5 Å². The van der Waals surface area contributed by atoms with Crippen LogP contribution < -0.4 is 10.9 Å². The number of aromatic amines is 2. The van der Waals surface area contributed by atoms with Crippen molar-refractivity contribution in [3.63, 3.8) is 0 Å². The number of rotatable bonds is 4. The SMILES string of the molecule is O=C1CC[C@H](C=C(c2ccc(C(F)(F)F)cc2)c2ccc(-c3cn[nH]c3)c(=O)[nH]2)N1. The molecule has 3 aromatic rings. The molecule has 0 aliphatic carbocycles. The van der Waals surface area contributed by atoms with Gasteiger partial charge in [0.1, 0.15) is 0 Å². The molecule has 3 heterocycles. The van der Waals surface area contributed by atoms with E-state index in [-0.39, 0.29) is 17.5 Å². The van der Waals surface area contributed by atoms with E-state index in [1.54, 1.807) is 24.4 Å². The van der Waals surface area contributed by atoms with Crippen LogP contribution in [0.4, 0.5) is 13.2 Å². The lowest BCUT2D eigenvalue weighted by Gasteiger charge is -2.14. The van der Waals surface area contributed by atoms with Crippen molar-refractivity contribution in [3.05, 3.63) is 82.0 Å². The summed E-state index contributed by atoms with van der Waals surface area (Å²) in [5, 5.41) is 9.28. The zero-order valence-electron chi connectivity index (χ0n) is 15.6. The van der Waals surface area contributed by atoms with Crippen LogP contribution in [0.15, 0.2) is 59.7 Å². The summed E-state index contributed by atoms with van der Waals surface area (Å²) in [5.74, 6) is -0.0909. The molecule has 3 N–H and O–H groups in total. The van der Waals surface area contributed by atoms with Crippen LogP contribution in [-0.2, 0) is 11.0 Å². The highest BCUT2D eigenvalue weighted by atomic mass is 19.4. The second-order valence-corrected chi connectivity index (χ2v) is 6.97. The number of nitrogens with zero attached hydrogens (tertiary/aromatic N) is 1. The minimum atomic E-state index is -4.44. The van der Waals surface area contributed by atoms with Gasteiger partial charge in [-0.1, -0.05) is 18.2 Å². The van der Waals surface area contributed by atoms with E-state index in [9.17, 15) is 22.8 Å². The van der Waals surface area contributed by atoms with E-state index in [0.717, 1.165) is 12.1 Å². The molecule has 1 atom stereocenters. The number of H-pyrrole nitrogens is 2. The third-order valence-corrected chi connectivity index (χ3v) is 4.93. The lowest BCUT2D eigenvalue weighted by molar-refractivity contribution is -0.137. The van der Waals surface area contributed by atoms with Crippen molar-refractivity contribution in [1.29, 1.82) is 0 Å². The molecular formula is C21H17F3N4O2. The number of pyridine rings is 1. The van der Waals surface area contributed by atoms with E-state index in [1.807, 2.05) is 0 Å². The number of carbonyl (C=O) groups excluding carboxylic acids is 1. The summed E-state index contributed by atoms with van der Waals surface area (Å²) < 4.78 is 38.8. The minimum Gasteiger partial charge on any atom is -0.350 e. The zero-order chi connectivity index (χ0) is 21.3. The van der Waals surface area contributed by atoms with Crippen molar-refractivity contribution in [2.75, 3.05) is 0 Å². The van der Waals surface area contributed by atoms with Gasteiger partial charge in [-0.15, -0.1) is 0 Å². The highest BCUT2D eigenvalue weighted by Crippen LogP contribution is 2.31. The largest absolute Gasteiger partial charge is 0.416 e. The van der Waals surface area contributed by atoms with Crippen LogP contribution in [0.3, 0.4) is 0 Å². The molecule has 1 fully saturated rings. The van der Waals surface area contributed by atoms with Crippen molar-refractivity contribution in [2.45, 2.75) is 25.1 Å². The van der Waals surface area contributed by atoms with Gasteiger partial charge in [-0.3, -0.25) is 14.7 Å². The molecule has 30 heavy (non-hydrogen) atoms. The standard InChI is InChI=1S/C21H17F3N4O2/c22-21(23,24)14-3-1-12(2-4-14)17(9-15-5-8-19(29)27-15)18-7-6-16(20(30)28-18)13-10-25-26-11-13/h1-4,6-7,9-11,15H,5,8H2,(H,25,26)(H,27,29)(H,28,30)/t15-/m1/s1. The highest BCUT2D eigenvalue weighted by Gasteiger charge is 2.30. The number of amides is 1. The van der Waals surface area contributed by atoms with Gasteiger partial charge in [0.15, 0.2) is 0 Å². The first-order valence-electron chi connectivity index (χ1n) is 9.23.